The molecule has 0 amide bonds. The second-order valence-electron chi connectivity index (χ2n) is 6.42. The Hall–Kier alpha value is -1.27. The lowest BCUT2D eigenvalue weighted by atomic mass is 10.1. The van der Waals surface area contributed by atoms with Crippen LogP contribution in [-0.2, 0) is 30.7 Å². The van der Waals surface area contributed by atoms with Crippen LogP contribution in [-0.4, -0.2) is 47.5 Å². The third kappa shape index (κ3) is 6.11. The average Bonchev–Trinajstić information content (AvgIpc) is 3.05. The van der Waals surface area contributed by atoms with Crippen molar-refractivity contribution in [1.82, 2.24) is 25.4 Å². The Bertz CT molecular complexity index is 815. The van der Waals surface area contributed by atoms with Gasteiger partial charge in [0.25, 0.3) is 0 Å². The topological polar surface area (TPSA) is 76.4 Å². The zero-order valence-electron chi connectivity index (χ0n) is 15.9. The fourth-order valence-corrected chi connectivity index (χ4v) is 3.52. The lowest BCUT2D eigenvalue weighted by Crippen LogP contribution is -2.47. The number of nitrogens with one attached hydrogen (secondary N) is 2. The van der Waals surface area contributed by atoms with Crippen LogP contribution in [0.4, 0.5) is 4.39 Å². The molecule has 0 spiro atoms. The van der Waals surface area contributed by atoms with Gasteiger partial charge in [-0.1, -0.05) is 15.9 Å². The van der Waals surface area contributed by atoms with Crippen LogP contribution < -0.4 is 10.6 Å². The molecule has 1 unspecified atom stereocenters. The maximum atomic E-state index is 13.8. The van der Waals surface area contributed by atoms with E-state index < -0.39 is 0 Å². The van der Waals surface area contributed by atoms with E-state index >= 15 is 0 Å². The van der Waals surface area contributed by atoms with Crippen molar-refractivity contribution in [2.75, 3.05) is 20.7 Å². The Morgan fingerprint density at radius 2 is 2.29 bits per heavy atom. The number of methoxy groups -OCH3 is 1. The third-order valence-electron chi connectivity index (χ3n) is 4.43. The first kappa shape index (κ1) is 23.0. The van der Waals surface area contributed by atoms with Crippen LogP contribution in [0.25, 0.3) is 0 Å². The number of rotatable bonds is 6. The van der Waals surface area contributed by atoms with Crippen molar-refractivity contribution in [3.05, 3.63) is 45.7 Å². The monoisotopic (exact) mass is 566 g/mol. The first-order valence-electron chi connectivity index (χ1n) is 8.91. The largest absolute Gasteiger partial charge is 0.377 e. The van der Waals surface area contributed by atoms with Gasteiger partial charge in [0.2, 0.25) is 0 Å². The van der Waals surface area contributed by atoms with Crippen LogP contribution >= 0.6 is 39.9 Å². The number of guanidine groups is 1. The number of aliphatic imine (C=N–C) groups is 1. The van der Waals surface area contributed by atoms with Crippen LogP contribution in [0.15, 0.2) is 27.7 Å². The number of aryl methyl sites for hydroxylation is 1. The van der Waals surface area contributed by atoms with Gasteiger partial charge < -0.3 is 15.4 Å². The molecule has 2 heterocycles. The summed E-state index contributed by atoms with van der Waals surface area (Å²) in [5.74, 6) is 2.22. The summed E-state index contributed by atoms with van der Waals surface area (Å²) in [6.45, 7) is 1.74. The predicted octanol–water partition coefficient (Wildman–Crippen LogP) is 2.67. The predicted molar refractivity (Wildman–Crippen MR) is 121 cm³/mol. The van der Waals surface area contributed by atoms with Crippen LogP contribution in [0, 0.1) is 5.82 Å². The Labute approximate surface area is 189 Å². The quantitative estimate of drug-likeness (QED) is 0.319. The number of benzene rings is 1. The molecule has 2 N–H and O–H groups in total. The molecular formula is C18H25BrFIN6O. The summed E-state index contributed by atoms with van der Waals surface area (Å²) in [5.41, 5.74) is 0.669. The lowest BCUT2D eigenvalue weighted by molar-refractivity contribution is 0.177. The number of hydrogen-bond acceptors (Lipinski definition) is 4. The Balaban J connectivity index is 0.00000280. The van der Waals surface area contributed by atoms with Crippen molar-refractivity contribution >= 4 is 45.9 Å². The molecule has 1 aliphatic heterocycles. The molecule has 3 rings (SSSR count). The molecule has 1 aromatic carbocycles. The molecular weight excluding hydrogens is 542 g/mol. The molecule has 0 aliphatic carbocycles. The van der Waals surface area contributed by atoms with Crippen molar-refractivity contribution in [1.29, 1.82) is 0 Å². The molecule has 28 heavy (non-hydrogen) atoms. The van der Waals surface area contributed by atoms with Gasteiger partial charge in [-0.25, -0.2) is 14.1 Å². The summed E-state index contributed by atoms with van der Waals surface area (Å²) >= 11 is 3.38. The van der Waals surface area contributed by atoms with E-state index in [1.54, 1.807) is 26.3 Å². The van der Waals surface area contributed by atoms with Crippen molar-refractivity contribution < 1.29 is 9.13 Å². The van der Waals surface area contributed by atoms with E-state index in [4.69, 9.17) is 4.74 Å². The van der Waals surface area contributed by atoms with Gasteiger partial charge >= 0.3 is 0 Å². The summed E-state index contributed by atoms with van der Waals surface area (Å²) in [6, 6.07) is 5.19. The zero-order chi connectivity index (χ0) is 19.2. The standard InChI is InChI=1S/C18H24BrFN6O.HI/c1-21-18(22-8-7-12-9-13(19)3-5-15(12)20)23-14-4-6-17-24-16(11-27-2)25-26(17)10-14;/h3,5,9,14H,4,6-8,10-11H2,1-2H3,(H2,21,22,23);1H. The molecule has 7 nitrogen and oxygen atoms in total. The maximum absolute atomic E-state index is 13.8. The molecule has 1 aromatic heterocycles. The summed E-state index contributed by atoms with van der Waals surface area (Å²) in [6.07, 6.45) is 2.38. The Morgan fingerprint density at radius 3 is 3.04 bits per heavy atom. The number of hydrogen-bond donors (Lipinski definition) is 2. The molecule has 0 bridgehead atoms. The average molecular weight is 567 g/mol. The van der Waals surface area contributed by atoms with Crippen LogP contribution in [0.1, 0.15) is 23.6 Å². The molecule has 10 heteroatoms. The van der Waals surface area contributed by atoms with Crippen molar-refractivity contribution in [2.24, 2.45) is 4.99 Å². The number of halogens is 3. The van der Waals surface area contributed by atoms with Crippen LogP contribution in [0.3, 0.4) is 0 Å². The number of ether oxygens (including phenoxy) is 1. The van der Waals surface area contributed by atoms with E-state index in [0.717, 1.165) is 29.7 Å². The molecule has 1 atom stereocenters. The van der Waals surface area contributed by atoms with E-state index in [-0.39, 0.29) is 35.8 Å². The van der Waals surface area contributed by atoms with Crippen molar-refractivity contribution in [3.63, 3.8) is 0 Å². The molecule has 2 aromatic rings. The van der Waals surface area contributed by atoms with Crippen molar-refractivity contribution in [3.8, 4) is 0 Å². The van der Waals surface area contributed by atoms with Gasteiger partial charge in [-0.05, 0) is 36.6 Å². The molecule has 154 valence electrons. The van der Waals surface area contributed by atoms with E-state index in [9.17, 15) is 4.39 Å². The second kappa shape index (κ2) is 11.1. The third-order valence-corrected chi connectivity index (χ3v) is 4.93. The minimum absolute atomic E-state index is 0. The van der Waals surface area contributed by atoms with Gasteiger partial charge in [-0.15, -0.1) is 24.0 Å². The normalized spacial score (nSPS) is 16.3. The number of aromatic nitrogens is 3. The molecule has 0 fully saturated rings. The summed E-state index contributed by atoms with van der Waals surface area (Å²) in [5, 5.41) is 11.1. The number of nitrogens with zero attached hydrogens (tertiary/aromatic N) is 4. The highest BCUT2D eigenvalue weighted by atomic mass is 127. The number of fused-ring (bicyclic) bond motifs is 1. The second-order valence-corrected chi connectivity index (χ2v) is 7.34. The summed E-state index contributed by atoms with van der Waals surface area (Å²) < 4.78 is 21.7. The molecule has 0 saturated heterocycles. The van der Waals surface area contributed by atoms with Gasteiger partial charge in [0.1, 0.15) is 18.2 Å². The minimum atomic E-state index is -0.194. The maximum Gasteiger partial charge on any atom is 0.191 e. The fraction of sp³-hybridized carbons (Fsp3) is 0.500. The SMILES string of the molecule is CN=C(NCCc1cc(Br)ccc1F)NC1CCc2nc(COC)nn2C1.I. The summed E-state index contributed by atoms with van der Waals surface area (Å²) in [7, 11) is 3.37. The van der Waals surface area contributed by atoms with E-state index in [0.29, 0.717) is 36.9 Å². The molecule has 0 saturated carbocycles. The van der Waals surface area contributed by atoms with Gasteiger partial charge in [-0.3, -0.25) is 4.99 Å². The van der Waals surface area contributed by atoms with E-state index in [1.165, 1.54) is 6.07 Å². The fourth-order valence-electron chi connectivity index (χ4n) is 3.11. The van der Waals surface area contributed by atoms with Gasteiger partial charge in [-0.2, -0.15) is 5.10 Å². The van der Waals surface area contributed by atoms with Gasteiger partial charge in [0.15, 0.2) is 11.8 Å². The Morgan fingerprint density at radius 1 is 1.46 bits per heavy atom. The van der Waals surface area contributed by atoms with E-state index in [1.807, 2.05) is 4.68 Å². The van der Waals surface area contributed by atoms with Crippen LogP contribution in [0.2, 0.25) is 0 Å². The smallest absolute Gasteiger partial charge is 0.191 e. The van der Waals surface area contributed by atoms with E-state index in [2.05, 4.69) is 41.6 Å². The Kier molecular flexibility index (Phi) is 9.09. The highest BCUT2D eigenvalue weighted by Crippen LogP contribution is 2.16. The zero-order valence-corrected chi connectivity index (χ0v) is 19.8. The first-order chi connectivity index (χ1) is 13.1. The minimum Gasteiger partial charge on any atom is -0.377 e. The van der Waals surface area contributed by atoms with Gasteiger partial charge in [0, 0.05) is 37.6 Å². The summed E-state index contributed by atoms with van der Waals surface area (Å²) in [4.78, 5) is 8.76. The van der Waals surface area contributed by atoms with Gasteiger partial charge in [0.05, 0.1) is 6.54 Å². The molecule has 1 aliphatic rings. The first-order valence-corrected chi connectivity index (χ1v) is 9.71. The molecule has 0 radical (unpaired) electrons. The highest BCUT2D eigenvalue weighted by Gasteiger charge is 2.22. The lowest BCUT2D eigenvalue weighted by Gasteiger charge is -2.25. The highest BCUT2D eigenvalue weighted by molar-refractivity contribution is 14.0. The van der Waals surface area contributed by atoms with Crippen molar-refractivity contribution in [2.45, 2.75) is 38.5 Å². The van der Waals surface area contributed by atoms with Crippen LogP contribution in [0.5, 0.6) is 0 Å².